The van der Waals surface area contributed by atoms with Crippen molar-refractivity contribution in [3.63, 3.8) is 0 Å². The zero-order chi connectivity index (χ0) is 29.9. The standard InChI is InChI=1S/C26H25ClF3N3O7S/c1-11-15-7-14(8-16(11)26(15,37)10-31-24(35)20-9-40-25(36)33-20)41(38,39)21-4-12(2-3-17(21)27)23(34)32-13-5-18(28)22(30)19(29)6-13/h2-6,11,14-16,20,37H,7-10H2,1H3,(H,31,35)(H,32,34)(H,33,36)/t11?,14?,15?,16?,20-,26?/m1/s1. The highest BCUT2D eigenvalue weighted by atomic mass is 35.5. The number of carbonyl (C=O) groups excluding carboxylic acids is 3. The van der Waals surface area contributed by atoms with E-state index in [1.165, 1.54) is 12.1 Å². The van der Waals surface area contributed by atoms with Crippen LogP contribution in [0.1, 0.15) is 30.1 Å². The lowest BCUT2D eigenvalue weighted by molar-refractivity contribution is -0.213. The maximum Gasteiger partial charge on any atom is 0.407 e. The van der Waals surface area contributed by atoms with Crippen LogP contribution in [0.25, 0.3) is 0 Å². The number of anilines is 1. The van der Waals surface area contributed by atoms with E-state index in [4.69, 9.17) is 16.3 Å². The Bertz CT molecular complexity index is 1520. The highest BCUT2D eigenvalue weighted by molar-refractivity contribution is 7.92. The number of hydrogen-bond donors (Lipinski definition) is 4. The van der Waals surface area contributed by atoms with Crippen molar-refractivity contribution in [2.24, 2.45) is 17.8 Å². The first kappa shape index (κ1) is 29.1. The third-order valence-corrected chi connectivity index (χ3v) is 11.0. The summed E-state index contributed by atoms with van der Waals surface area (Å²) in [5.41, 5.74) is -1.90. The largest absolute Gasteiger partial charge is 0.447 e. The summed E-state index contributed by atoms with van der Waals surface area (Å²) in [6, 6.07) is 3.77. The van der Waals surface area contributed by atoms with Crippen LogP contribution in [0.5, 0.6) is 0 Å². The van der Waals surface area contributed by atoms with Crippen molar-refractivity contribution in [2.75, 3.05) is 18.5 Å². The predicted octanol–water partition coefficient (Wildman–Crippen LogP) is 2.78. The number of amides is 3. The molecule has 2 aromatic carbocycles. The van der Waals surface area contributed by atoms with Crippen LogP contribution in [0.15, 0.2) is 35.2 Å². The number of alkyl carbamates (subject to hydrolysis) is 1. The number of sulfone groups is 1. The van der Waals surface area contributed by atoms with E-state index in [-0.39, 0.29) is 53.1 Å². The number of aliphatic hydroxyl groups is 1. The number of carbonyl (C=O) groups is 3. The quantitative estimate of drug-likeness (QED) is 0.350. The molecule has 2 aromatic rings. The summed E-state index contributed by atoms with van der Waals surface area (Å²) in [6.07, 6.45) is -0.586. The second-order valence-corrected chi connectivity index (χ2v) is 13.2. The Morgan fingerprint density at radius 2 is 1.78 bits per heavy atom. The normalized spacial score (nSPS) is 28.7. The van der Waals surface area contributed by atoms with Gasteiger partial charge in [0.2, 0.25) is 5.91 Å². The highest BCUT2D eigenvalue weighted by Gasteiger charge is 2.64. The highest BCUT2D eigenvalue weighted by Crippen LogP contribution is 2.59. The lowest BCUT2D eigenvalue weighted by atomic mass is 9.48. The molecular formula is C26H25ClF3N3O7S. The summed E-state index contributed by atoms with van der Waals surface area (Å²) < 4.78 is 72.3. The Morgan fingerprint density at radius 3 is 2.37 bits per heavy atom. The fourth-order valence-electron chi connectivity index (χ4n) is 6.11. The van der Waals surface area contributed by atoms with E-state index < -0.39 is 73.9 Å². The number of halogens is 4. The van der Waals surface area contributed by atoms with E-state index in [0.717, 1.165) is 6.07 Å². The lowest BCUT2D eigenvalue weighted by Gasteiger charge is -2.62. The summed E-state index contributed by atoms with van der Waals surface area (Å²) >= 11 is 6.22. The van der Waals surface area contributed by atoms with Crippen molar-refractivity contribution in [2.45, 2.75) is 41.6 Å². The number of benzene rings is 2. The molecule has 4 aliphatic rings. The summed E-state index contributed by atoms with van der Waals surface area (Å²) in [7, 11) is -4.11. The maximum atomic E-state index is 13.7. The molecule has 3 aliphatic carbocycles. The van der Waals surface area contributed by atoms with Gasteiger partial charge >= 0.3 is 6.09 Å². The van der Waals surface area contributed by atoms with E-state index in [1.54, 1.807) is 0 Å². The van der Waals surface area contributed by atoms with E-state index >= 15 is 0 Å². The molecule has 10 nitrogen and oxygen atoms in total. The molecule has 3 amide bonds. The van der Waals surface area contributed by atoms with Gasteiger partial charge in [-0.25, -0.2) is 26.4 Å². The van der Waals surface area contributed by atoms with Crippen LogP contribution in [0.3, 0.4) is 0 Å². The molecule has 1 aliphatic heterocycles. The minimum Gasteiger partial charge on any atom is -0.447 e. The Hall–Kier alpha value is -3.36. The fraction of sp³-hybridized carbons (Fsp3) is 0.423. The Morgan fingerprint density at radius 1 is 1.15 bits per heavy atom. The predicted molar refractivity (Wildman–Crippen MR) is 138 cm³/mol. The Balaban J connectivity index is 1.30. The van der Waals surface area contributed by atoms with E-state index in [9.17, 15) is 41.1 Å². The molecule has 6 rings (SSSR count). The van der Waals surface area contributed by atoms with Crippen molar-refractivity contribution in [3.8, 4) is 0 Å². The number of hydrogen-bond acceptors (Lipinski definition) is 7. The molecule has 41 heavy (non-hydrogen) atoms. The van der Waals surface area contributed by atoms with Crippen LogP contribution in [0, 0.1) is 35.2 Å². The third kappa shape index (κ3) is 5.12. The van der Waals surface area contributed by atoms with Crippen molar-refractivity contribution in [1.82, 2.24) is 10.6 Å². The van der Waals surface area contributed by atoms with Crippen LogP contribution < -0.4 is 16.0 Å². The number of rotatable bonds is 7. The summed E-state index contributed by atoms with van der Waals surface area (Å²) in [5, 5.41) is 17.4. The van der Waals surface area contributed by atoms with Gasteiger partial charge in [-0.05, 0) is 48.8 Å². The lowest BCUT2D eigenvalue weighted by Crippen LogP contribution is -2.71. The maximum absolute atomic E-state index is 13.7. The van der Waals surface area contributed by atoms with E-state index in [2.05, 4.69) is 16.0 Å². The molecule has 0 spiro atoms. The molecule has 15 heteroatoms. The van der Waals surface area contributed by atoms with Crippen LogP contribution in [0.4, 0.5) is 23.7 Å². The van der Waals surface area contributed by atoms with E-state index in [1.807, 2.05) is 6.92 Å². The number of fused-ring (bicyclic) bond motifs is 2. The number of nitrogens with one attached hydrogen (secondary N) is 3. The zero-order valence-corrected chi connectivity index (χ0v) is 23.0. The first-order valence-corrected chi connectivity index (χ1v) is 14.6. The Labute approximate surface area is 237 Å². The molecule has 4 N–H and O–H groups in total. The zero-order valence-electron chi connectivity index (χ0n) is 21.4. The van der Waals surface area contributed by atoms with Crippen LogP contribution >= 0.6 is 11.6 Å². The van der Waals surface area contributed by atoms with Gasteiger partial charge in [0, 0.05) is 29.9 Å². The average molecular weight is 616 g/mol. The molecule has 1 saturated heterocycles. The van der Waals surface area contributed by atoms with Crippen LogP contribution in [-0.4, -0.2) is 61.5 Å². The molecule has 4 fully saturated rings. The van der Waals surface area contributed by atoms with Gasteiger partial charge in [0.1, 0.15) is 12.6 Å². The average Bonchev–Trinajstić information content (AvgIpc) is 3.37. The molecule has 0 aromatic heterocycles. The first-order valence-electron chi connectivity index (χ1n) is 12.6. The minimum absolute atomic E-state index is 0.0260. The van der Waals surface area contributed by atoms with Crippen molar-refractivity contribution < 1.29 is 45.8 Å². The molecule has 3 atom stereocenters. The number of cyclic esters (lactones) is 1. The molecule has 0 radical (unpaired) electrons. The van der Waals surface area contributed by atoms with E-state index in [0.29, 0.717) is 12.1 Å². The molecule has 3 saturated carbocycles. The molecule has 2 bridgehead atoms. The SMILES string of the molecule is CC1C2CC(S(=O)(=O)c3cc(C(=O)Nc4cc(F)c(F)c(F)c4)ccc3Cl)CC1C2(O)CNC(=O)[C@H]1COC(=O)N1. The smallest absolute Gasteiger partial charge is 0.407 e. The fourth-order valence-corrected chi connectivity index (χ4v) is 8.47. The third-order valence-electron chi connectivity index (χ3n) is 8.30. The van der Waals surface area contributed by atoms with Gasteiger partial charge < -0.3 is 25.8 Å². The van der Waals surface area contributed by atoms with Crippen molar-refractivity contribution >= 4 is 45.0 Å². The van der Waals surface area contributed by atoms with Gasteiger partial charge in [0.25, 0.3) is 5.91 Å². The topological polar surface area (TPSA) is 151 Å². The van der Waals surface area contributed by atoms with Crippen molar-refractivity contribution in [3.05, 3.63) is 58.4 Å². The number of ether oxygens (including phenoxy) is 1. The molecular weight excluding hydrogens is 591 g/mol. The van der Waals surface area contributed by atoms with Gasteiger partial charge in [-0.2, -0.15) is 0 Å². The molecule has 1 heterocycles. The second kappa shape index (κ2) is 10.5. The van der Waals surface area contributed by atoms with Gasteiger partial charge in [-0.15, -0.1) is 0 Å². The minimum atomic E-state index is -4.11. The first-order chi connectivity index (χ1) is 19.2. The summed E-state index contributed by atoms with van der Waals surface area (Å²) in [6.45, 7) is 1.62. The van der Waals surface area contributed by atoms with Gasteiger partial charge in [0.05, 0.1) is 20.8 Å². The Kier molecular flexibility index (Phi) is 7.45. The second-order valence-electron chi connectivity index (χ2n) is 10.6. The summed E-state index contributed by atoms with van der Waals surface area (Å²) in [5.74, 6) is -7.12. The van der Waals surface area contributed by atoms with Gasteiger partial charge in [-0.3, -0.25) is 9.59 Å². The monoisotopic (exact) mass is 615 g/mol. The van der Waals surface area contributed by atoms with Gasteiger partial charge in [0.15, 0.2) is 27.3 Å². The van der Waals surface area contributed by atoms with Crippen molar-refractivity contribution in [1.29, 1.82) is 0 Å². The molecule has 220 valence electrons. The molecule has 2 unspecified atom stereocenters. The van der Waals surface area contributed by atoms with Crippen LogP contribution in [-0.2, 0) is 19.4 Å². The van der Waals surface area contributed by atoms with Crippen LogP contribution in [0.2, 0.25) is 5.02 Å². The van der Waals surface area contributed by atoms with Gasteiger partial charge in [-0.1, -0.05) is 18.5 Å². The summed E-state index contributed by atoms with van der Waals surface area (Å²) in [4.78, 5) is 36.0.